The van der Waals surface area contributed by atoms with Crippen molar-refractivity contribution in [1.29, 1.82) is 0 Å². The van der Waals surface area contributed by atoms with Gasteiger partial charge in [-0.15, -0.1) is 0 Å². The Hall–Kier alpha value is -1.09. The van der Waals surface area contributed by atoms with E-state index in [2.05, 4.69) is 17.0 Å². The van der Waals surface area contributed by atoms with Crippen LogP contribution in [0.5, 0.6) is 0 Å². The van der Waals surface area contributed by atoms with Gasteiger partial charge in [0.25, 0.3) is 0 Å². The van der Waals surface area contributed by atoms with Crippen molar-refractivity contribution in [2.75, 3.05) is 7.05 Å². The van der Waals surface area contributed by atoms with Gasteiger partial charge in [-0.25, -0.2) is 0 Å². The zero-order chi connectivity index (χ0) is 8.97. The van der Waals surface area contributed by atoms with Crippen molar-refractivity contribution in [3.05, 3.63) is 30.1 Å². The second-order valence-electron chi connectivity index (χ2n) is 2.99. The van der Waals surface area contributed by atoms with Crippen molar-refractivity contribution in [3.63, 3.8) is 0 Å². The van der Waals surface area contributed by atoms with E-state index < -0.39 is 0 Å². The van der Waals surface area contributed by atoms with Crippen LogP contribution in [0.2, 0.25) is 0 Å². The third-order valence-electron chi connectivity index (χ3n) is 1.49. The number of nitrogens with one attached hydrogen (secondary N) is 1. The highest BCUT2D eigenvalue weighted by Gasteiger charge is 1.96. The molecule has 0 radical (unpaired) electrons. The van der Waals surface area contributed by atoms with Crippen LogP contribution in [0.1, 0.15) is 12.6 Å². The second-order valence-corrected chi connectivity index (χ2v) is 2.99. The average Bonchev–Trinajstić information content (AvgIpc) is 2.36. The number of hydrogen-bond donors (Lipinski definition) is 1. The van der Waals surface area contributed by atoms with Gasteiger partial charge in [0.2, 0.25) is 0 Å². The van der Waals surface area contributed by atoms with E-state index in [-0.39, 0.29) is 0 Å². The first-order valence-corrected chi connectivity index (χ1v) is 4.03. The van der Waals surface area contributed by atoms with Gasteiger partial charge in [0.1, 0.15) is 0 Å². The van der Waals surface area contributed by atoms with Gasteiger partial charge in [0, 0.05) is 12.7 Å². The van der Waals surface area contributed by atoms with Crippen molar-refractivity contribution in [1.82, 2.24) is 15.1 Å². The van der Waals surface area contributed by atoms with Crippen molar-refractivity contribution in [2.45, 2.75) is 20.0 Å². The minimum atomic E-state index is 0.809. The fraction of sp³-hybridized carbons (Fsp3) is 0.444. The molecule has 0 aliphatic carbocycles. The molecule has 1 aromatic heterocycles. The Balaban J connectivity index is 2.58. The Morgan fingerprint density at radius 2 is 2.50 bits per heavy atom. The third-order valence-corrected chi connectivity index (χ3v) is 1.49. The van der Waals surface area contributed by atoms with Gasteiger partial charge in [-0.2, -0.15) is 5.10 Å². The van der Waals surface area contributed by atoms with E-state index in [1.807, 2.05) is 30.9 Å². The van der Waals surface area contributed by atoms with E-state index in [0.717, 1.165) is 24.4 Å². The summed E-state index contributed by atoms with van der Waals surface area (Å²) >= 11 is 0. The molecule has 0 spiro atoms. The molecule has 0 saturated carbocycles. The molecule has 1 heterocycles. The summed E-state index contributed by atoms with van der Waals surface area (Å²) in [5.74, 6) is 0. The van der Waals surface area contributed by atoms with Crippen molar-refractivity contribution < 1.29 is 0 Å². The molecular formula is C9H15N3. The first-order chi connectivity index (χ1) is 5.72. The molecule has 1 rings (SSSR count). The number of aromatic nitrogens is 2. The smallest absolute Gasteiger partial charge is 0.0762 e. The molecule has 3 heteroatoms. The summed E-state index contributed by atoms with van der Waals surface area (Å²) in [4.78, 5) is 0. The Labute approximate surface area is 73.1 Å². The van der Waals surface area contributed by atoms with Crippen LogP contribution in [0.15, 0.2) is 24.4 Å². The van der Waals surface area contributed by atoms with Gasteiger partial charge in [-0.1, -0.05) is 12.2 Å². The second kappa shape index (κ2) is 4.07. The van der Waals surface area contributed by atoms with Crippen LogP contribution in [0.25, 0.3) is 0 Å². The number of allylic oxidation sites excluding steroid dienone is 1. The maximum Gasteiger partial charge on any atom is 0.0762 e. The van der Waals surface area contributed by atoms with Crippen LogP contribution >= 0.6 is 0 Å². The van der Waals surface area contributed by atoms with E-state index in [4.69, 9.17) is 0 Å². The van der Waals surface area contributed by atoms with Crippen LogP contribution in [0.4, 0.5) is 0 Å². The van der Waals surface area contributed by atoms with Crippen LogP contribution in [0, 0.1) is 0 Å². The van der Waals surface area contributed by atoms with E-state index >= 15 is 0 Å². The third kappa shape index (κ3) is 2.51. The molecule has 0 unspecified atom stereocenters. The molecule has 1 aromatic rings. The standard InChI is InChI=1S/C9H15N3/c1-8(2)7-12-5-4-9(11-12)6-10-3/h4-5,10H,1,6-7H2,2-3H3. The lowest BCUT2D eigenvalue weighted by molar-refractivity contribution is 0.653. The summed E-state index contributed by atoms with van der Waals surface area (Å²) in [6.45, 7) is 7.46. The number of rotatable bonds is 4. The average molecular weight is 165 g/mol. The number of nitrogens with zero attached hydrogens (tertiary/aromatic N) is 2. The van der Waals surface area contributed by atoms with Crippen molar-refractivity contribution in [2.24, 2.45) is 0 Å². The molecule has 0 amide bonds. The Kier molecular flexibility index (Phi) is 3.05. The largest absolute Gasteiger partial charge is 0.314 e. The fourth-order valence-corrected chi connectivity index (χ4v) is 1.04. The molecule has 66 valence electrons. The van der Waals surface area contributed by atoms with Crippen molar-refractivity contribution in [3.8, 4) is 0 Å². The first kappa shape index (κ1) is 9.00. The highest BCUT2D eigenvalue weighted by atomic mass is 15.3. The maximum atomic E-state index is 4.33. The summed E-state index contributed by atoms with van der Waals surface area (Å²) in [5.41, 5.74) is 2.19. The van der Waals surface area contributed by atoms with Gasteiger partial charge in [-0.05, 0) is 20.0 Å². The zero-order valence-corrected chi connectivity index (χ0v) is 7.67. The Bertz CT molecular complexity index is 262. The lowest BCUT2D eigenvalue weighted by Crippen LogP contribution is -2.07. The molecule has 0 aliphatic heterocycles. The predicted molar refractivity (Wildman–Crippen MR) is 49.8 cm³/mol. The lowest BCUT2D eigenvalue weighted by Gasteiger charge is -1.98. The zero-order valence-electron chi connectivity index (χ0n) is 7.67. The minimum absolute atomic E-state index is 0.809. The molecule has 0 fully saturated rings. The Morgan fingerprint density at radius 1 is 1.75 bits per heavy atom. The lowest BCUT2D eigenvalue weighted by atomic mass is 10.4. The van der Waals surface area contributed by atoms with Gasteiger partial charge < -0.3 is 5.32 Å². The number of hydrogen-bond acceptors (Lipinski definition) is 2. The van der Waals surface area contributed by atoms with Crippen LogP contribution in [-0.2, 0) is 13.1 Å². The maximum absolute atomic E-state index is 4.33. The quantitative estimate of drug-likeness (QED) is 0.679. The molecule has 0 aromatic carbocycles. The highest BCUT2D eigenvalue weighted by Crippen LogP contribution is 1.98. The monoisotopic (exact) mass is 165 g/mol. The van der Waals surface area contributed by atoms with E-state index in [0.29, 0.717) is 0 Å². The van der Waals surface area contributed by atoms with Crippen LogP contribution in [-0.4, -0.2) is 16.8 Å². The molecule has 0 saturated heterocycles. The summed E-state index contributed by atoms with van der Waals surface area (Å²) in [7, 11) is 1.91. The molecule has 3 nitrogen and oxygen atoms in total. The predicted octanol–water partition coefficient (Wildman–Crippen LogP) is 1.18. The van der Waals surface area contributed by atoms with E-state index in [1.54, 1.807) is 0 Å². The van der Waals surface area contributed by atoms with E-state index in [9.17, 15) is 0 Å². The van der Waals surface area contributed by atoms with Gasteiger partial charge in [0.05, 0.1) is 12.2 Å². The topological polar surface area (TPSA) is 29.9 Å². The van der Waals surface area contributed by atoms with Crippen molar-refractivity contribution >= 4 is 0 Å². The SMILES string of the molecule is C=C(C)Cn1ccc(CNC)n1. The molecule has 12 heavy (non-hydrogen) atoms. The van der Waals surface area contributed by atoms with Crippen LogP contribution < -0.4 is 5.32 Å². The fourth-order valence-electron chi connectivity index (χ4n) is 1.04. The Morgan fingerprint density at radius 3 is 3.08 bits per heavy atom. The summed E-state index contributed by atoms with van der Waals surface area (Å²) in [6, 6.07) is 2.01. The summed E-state index contributed by atoms with van der Waals surface area (Å²) in [5, 5.41) is 7.39. The normalized spacial score (nSPS) is 10.2. The summed E-state index contributed by atoms with van der Waals surface area (Å²) in [6.07, 6.45) is 1.97. The van der Waals surface area contributed by atoms with Gasteiger partial charge in [0.15, 0.2) is 0 Å². The van der Waals surface area contributed by atoms with Gasteiger partial charge >= 0.3 is 0 Å². The molecule has 0 aliphatic rings. The highest BCUT2D eigenvalue weighted by molar-refractivity contribution is 5.00. The molecular weight excluding hydrogens is 150 g/mol. The van der Waals surface area contributed by atoms with Gasteiger partial charge in [-0.3, -0.25) is 4.68 Å². The first-order valence-electron chi connectivity index (χ1n) is 4.03. The van der Waals surface area contributed by atoms with E-state index in [1.165, 1.54) is 0 Å². The molecule has 0 bridgehead atoms. The molecule has 1 N–H and O–H groups in total. The van der Waals surface area contributed by atoms with Crippen LogP contribution in [0.3, 0.4) is 0 Å². The minimum Gasteiger partial charge on any atom is -0.314 e. The summed E-state index contributed by atoms with van der Waals surface area (Å²) < 4.78 is 1.90. The molecule has 0 atom stereocenters.